The summed E-state index contributed by atoms with van der Waals surface area (Å²) in [7, 11) is -2.41. The zero-order valence-electron chi connectivity index (χ0n) is 34.5. The molecule has 4 aromatic rings. The molecule has 0 radical (unpaired) electrons. The number of phenolic OH excluding ortho intramolecular Hbond substituents is 1. The fourth-order valence-electron chi connectivity index (χ4n) is 9.88. The van der Waals surface area contributed by atoms with E-state index in [9.17, 15) is 29.4 Å². The van der Waals surface area contributed by atoms with E-state index in [0.717, 1.165) is 23.0 Å². The van der Waals surface area contributed by atoms with Gasteiger partial charge in [-0.05, 0) is 89.9 Å². The molecule has 62 heavy (non-hydrogen) atoms. The fourth-order valence-corrected chi connectivity index (χ4v) is 12.8. The van der Waals surface area contributed by atoms with Crippen molar-refractivity contribution in [1.29, 1.82) is 0 Å². The van der Waals surface area contributed by atoms with Gasteiger partial charge in [-0.3, -0.25) is 29.0 Å². The molecule has 0 unspecified atom stereocenters. The van der Waals surface area contributed by atoms with E-state index in [0.29, 0.717) is 27.5 Å². The summed E-state index contributed by atoms with van der Waals surface area (Å²) in [5, 5.41) is 25.3. The number of carbonyl (C=O) groups excluding carboxylic acids is 5. The van der Waals surface area contributed by atoms with Gasteiger partial charge in [0.05, 0.1) is 40.6 Å². The Morgan fingerprint density at radius 3 is 2.16 bits per heavy atom. The van der Waals surface area contributed by atoms with Gasteiger partial charge in [0.2, 0.25) is 0 Å². The summed E-state index contributed by atoms with van der Waals surface area (Å²) in [6.07, 6.45) is 1.01. The quantitative estimate of drug-likeness (QED) is 0.0495. The first-order chi connectivity index (χ1) is 29.8. The molecule has 13 heteroatoms. The minimum absolute atomic E-state index is 0.00439. The number of phenols is 1. The predicted molar refractivity (Wildman–Crippen MR) is 231 cm³/mol. The standard InChI is InChI=1S/C49H42N2O10Si/c1-6-22-59-47(58)51-38-18-12-10-11-13-19-39(53)49(48(38,61-49)28(5)60-62(7-2,8-3)9-4)36-26-37(52)40-41(42(36)51)44(55)34-24-30-21-20-29(23-31(30)25-35(34)43(40)54)27-50-45(56)32-16-14-15-17-33(32)46(50)57/h6,10-11,14-17,20-21,23-26,28,38-39,52-53H,1,7-9,22,27H2,2-5H3/b11-10-/t28-,38+,39-,48+,49+/m1/s1. The maximum absolute atomic E-state index is 15.2. The van der Waals surface area contributed by atoms with Gasteiger partial charge < -0.3 is 24.1 Å². The fraction of sp³-hybridized carbons (Fsp3) is 0.286. The van der Waals surface area contributed by atoms with Crippen molar-refractivity contribution < 1.29 is 48.1 Å². The highest BCUT2D eigenvalue weighted by atomic mass is 28.4. The number of allylic oxidation sites excluding steroid dienone is 2. The van der Waals surface area contributed by atoms with Gasteiger partial charge in [0.25, 0.3) is 11.8 Å². The number of anilines is 1. The van der Waals surface area contributed by atoms with Crippen molar-refractivity contribution in [3.8, 4) is 29.4 Å². The number of nitrogens with zero attached hydrogens (tertiary/aromatic N) is 2. The smallest absolute Gasteiger partial charge is 0.415 e. The number of aliphatic hydroxyl groups excluding tert-OH is 1. The molecule has 9 rings (SSSR count). The highest BCUT2D eigenvalue weighted by Gasteiger charge is 2.84. The molecule has 1 saturated heterocycles. The molecule has 3 aliphatic heterocycles. The number of aliphatic hydroxyl groups is 1. The van der Waals surface area contributed by atoms with Crippen molar-refractivity contribution in [2.24, 2.45) is 0 Å². The molecule has 0 aromatic heterocycles. The van der Waals surface area contributed by atoms with Gasteiger partial charge in [-0.25, -0.2) is 4.79 Å². The highest BCUT2D eigenvalue weighted by molar-refractivity contribution is 6.73. The van der Waals surface area contributed by atoms with Crippen LogP contribution < -0.4 is 4.90 Å². The molecule has 3 heterocycles. The average molecular weight is 847 g/mol. The van der Waals surface area contributed by atoms with Crippen LogP contribution in [0.4, 0.5) is 10.5 Å². The Bertz CT molecular complexity index is 2830. The largest absolute Gasteiger partial charge is 0.507 e. The number of ketones is 2. The Kier molecular flexibility index (Phi) is 9.72. The molecular weight excluding hydrogens is 805 g/mol. The Labute approximate surface area is 358 Å². The Morgan fingerprint density at radius 2 is 1.52 bits per heavy atom. The number of carbonyl (C=O) groups is 5. The summed E-state index contributed by atoms with van der Waals surface area (Å²) in [5.41, 5.74) is -2.82. The number of imide groups is 1. The Hall–Kier alpha value is -6.61. The van der Waals surface area contributed by atoms with Gasteiger partial charge >= 0.3 is 6.09 Å². The number of epoxide rings is 1. The molecule has 5 atom stereocenters. The number of benzene rings is 4. The van der Waals surface area contributed by atoms with Crippen molar-refractivity contribution in [2.45, 2.75) is 81.8 Å². The molecule has 2 bridgehead atoms. The predicted octanol–water partition coefficient (Wildman–Crippen LogP) is 6.94. The van der Waals surface area contributed by atoms with Crippen LogP contribution in [0.5, 0.6) is 5.75 Å². The monoisotopic (exact) mass is 846 g/mol. The minimum Gasteiger partial charge on any atom is -0.507 e. The molecule has 2 aliphatic carbocycles. The van der Waals surface area contributed by atoms with Gasteiger partial charge in [-0.2, -0.15) is 0 Å². The minimum atomic E-state index is -2.41. The number of hydrogen-bond acceptors (Lipinski definition) is 10. The Balaban J connectivity index is 1.21. The first-order valence-electron chi connectivity index (χ1n) is 20.6. The van der Waals surface area contributed by atoms with Gasteiger partial charge in [0.1, 0.15) is 18.4 Å². The lowest BCUT2D eigenvalue weighted by Gasteiger charge is -2.45. The Morgan fingerprint density at radius 1 is 0.887 bits per heavy atom. The van der Waals surface area contributed by atoms with Crippen LogP contribution in [-0.2, 0) is 26.0 Å². The van der Waals surface area contributed by atoms with Gasteiger partial charge in [0, 0.05) is 16.7 Å². The topological polar surface area (TPSA) is 163 Å². The van der Waals surface area contributed by atoms with Crippen LogP contribution >= 0.6 is 0 Å². The summed E-state index contributed by atoms with van der Waals surface area (Å²) in [6, 6.07) is 17.3. The second-order valence-corrected chi connectivity index (χ2v) is 20.8. The zero-order chi connectivity index (χ0) is 43.9. The van der Waals surface area contributed by atoms with Crippen LogP contribution in [0.15, 0.2) is 85.5 Å². The average Bonchev–Trinajstić information content (AvgIpc) is 3.96. The molecular formula is C49H42N2O10Si. The van der Waals surface area contributed by atoms with E-state index in [1.165, 1.54) is 29.2 Å². The lowest BCUT2D eigenvalue weighted by molar-refractivity contribution is 0.0641. The molecule has 0 saturated carbocycles. The second-order valence-electron chi connectivity index (χ2n) is 16.1. The number of aromatic hydroxyl groups is 1. The van der Waals surface area contributed by atoms with Crippen LogP contribution in [0.2, 0.25) is 18.1 Å². The maximum Gasteiger partial charge on any atom is 0.415 e. The SMILES string of the molecule is C=CCOC(=O)N1c2c(cc(O)c3c2C(=O)c2cc4ccc(CN5C(=O)c6ccccc6C5=O)cc4cc2C3=O)[C@@]23O[C@@]2([C@@H](C)O[Si](CC)(CC)CC)[C@@H]1C#C/C=C\C#C[C@H]3O. The third-order valence-corrected chi connectivity index (χ3v) is 17.9. The molecule has 0 spiro atoms. The number of hydrogen-bond donors (Lipinski definition) is 2. The van der Waals surface area contributed by atoms with Crippen molar-refractivity contribution in [2.75, 3.05) is 11.5 Å². The third kappa shape index (κ3) is 5.63. The van der Waals surface area contributed by atoms with Crippen LogP contribution in [0.25, 0.3) is 10.8 Å². The van der Waals surface area contributed by atoms with Crippen LogP contribution in [0, 0.1) is 23.7 Å². The number of amides is 3. The van der Waals surface area contributed by atoms with E-state index in [1.807, 2.05) is 6.92 Å². The summed E-state index contributed by atoms with van der Waals surface area (Å²) < 4.78 is 19.6. The van der Waals surface area contributed by atoms with Gasteiger partial charge in [-0.15, -0.1) is 0 Å². The highest BCUT2D eigenvalue weighted by Crippen LogP contribution is 2.69. The summed E-state index contributed by atoms with van der Waals surface area (Å²) >= 11 is 0. The zero-order valence-corrected chi connectivity index (χ0v) is 35.5. The number of fused-ring (bicyclic) bond motifs is 6. The van der Waals surface area contributed by atoms with E-state index < -0.39 is 73.0 Å². The first-order valence-corrected chi connectivity index (χ1v) is 23.2. The molecule has 5 aliphatic rings. The van der Waals surface area contributed by atoms with Crippen LogP contribution in [0.1, 0.15) is 91.4 Å². The van der Waals surface area contributed by atoms with E-state index in [-0.39, 0.29) is 46.7 Å². The lowest BCUT2D eigenvalue weighted by atomic mass is 9.68. The second kappa shape index (κ2) is 14.8. The molecule has 3 amide bonds. The normalized spacial score (nSPS) is 23.7. The molecule has 12 nitrogen and oxygen atoms in total. The molecule has 2 N–H and O–H groups in total. The summed E-state index contributed by atoms with van der Waals surface area (Å²) in [6.45, 7) is 11.5. The molecule has 4 aromatic carbocycles. The van der Waals surface area contributed by atoms with Gasteiger partial charge in [-0.1, -0.05) is 81.4 Å². The molecule has 1 fully saturated rings. The third-order valence-electron chi connectivity index (χ3n) is 13.2. The molecule has 312 valence electrons. The summed E-state index contributed by atoms with van der Waals surface area (Å²) in [4.78, 5) is 73.1. The van der Waals surface area contributed by atoms with Crippen LogP contribution in [-0.4, -0.2) is 83.4 Å². The van der Waals surface area contributed by atoms with E-state index in [4.69, 9.17) is 13.9 Å². The van der Waals surface area contributed by atoms with E-state index in [2.05, 4.69) is 51.0 Å². The van der Waals surface area contributed by atoms with Crippen LogP contribution in [0.3, 0.4) is 0 Å². The van der Waals surface area contributed by atoms with Crippen molar-refractivity contribution in [3.63, 3.8) is 0 Å². The van der Waals surface area contributed by atoms with Crippen molar-refractivity contribution >= 4 is 54.3 Å². The van der Waals surface area contributed by atoms with E-state index >= 15 is 4.79 Å². The van der Waals surface area contributed by atoms with Gasteiger partial charge in [0.15, 0.2) is 37.2 Å². The van der Waals surface area contributed by atoms with Crippen molar-refractivity contribution in [3.05, 3.63) is 130 Å². The van der Waals surface area contributed by atoms with Crippen molar-refractivity contribution in [1.82, 2.24) is 4.90 Å². The lowest BCUT2D eigenvalue weighted by Crippen LogP contribution is -2.63. The summed E-state index contributed by atoms with van der Waals surface area (Å²) in [5.74, 6) is 9.02. The number of rotatable bonds is 10. The first kappa shape index (κ1) is 40.8. The maximum atomic E-state index is 15.2. The number of ether oxygens (including phenoxy) is 2. The van der Waals surface area contributed by atoms with E-state index in [1.54, 1.807) is 54.6 Å².